The molecule has 1 heterocycles. The van der Waals surface area contributed by atoms with Crippen molar-refractivity contribution >= 4 is 11.7 Å². The molecule has 0 aliphatic carbocycles. The van der Waals surface area contributed by atoms with Crippen LogP contribution < -0.4 is 10.7 Å². The minimum absolute atomic E-state index is 0.0954. The summed E-state index contributed by atoms with van der Waals surface area (Å²) in [6, 6.07) is 18.8. The molecular weight excluding hydrogens is 322 g/mol. The Labute approximate surface area is 144 Å². The molecule has 0 aromatic heterocycles. The normalized spacial score (nSPS) is 21.2. The maximum absolute atomic E-state index is 10.8. The number of rotatable bonds is 5. The molecule has 8 heteroatoms. The molecule has 0 bridgehead atoms. The summed E-state index contributed by atoms with van der Waals surface area (Å²) in [6.07, 6.45) is 0. The number of nitrogens with zero attached hydrogens (tertiary/aromatic N) is 3. The van der Waals surface area contributed by atoms with Crippen molar-refractivity contribution < 1.29 is 9.77 Å². The van der Waals surface area contributed by atoms with E-state index in [1.165, 1.54) is 0 Å². The Morgan fingerprint density at radius 1 is 1.16 bits per heavy atom. The fraction of sp³-hybridized carbons (Fsp3) is 0.176. The van der Waals surface area contributed by atoms with Crippen LogP contribution in [0.2, 0.25) is 0 Å². The summed E-state index contributed by atoms with van der Waals surface area (Å²) in [5.41, 5.74) is 3.53. The lowest BCUT2D eigenvalue weighted by molar-refractivity contribution is -0.485. The molecule has 1 aliphatic heterocycles. The second kappa shape index (κ2) is 7.10. The highest BCUT2D eigenvalue weighted by atomic mass is 16.7. The van der Waals surface area contributed by atoms with Crippen molar-refractivity contribution in [3.8, 4) is 0 Å². The lowest BCUT2D eigenvalue weighted by atomic mass is 9.91. The Balaban J connectivity index is 2.19. The summed E-state index contributed by atoms with van der Waals surface area (Å²) in [7, 11) is 0. The van der Waals surface area contributed by atoms with Crippen molar-refractivity contribution in [2.75, 3.05) is 6.61 Å². The minimum atomic E-state index is -1.20. The maximum atomic E-state index is 10.8. The van der Waals surface area contributed by atoms with Crippen molar-refractivity contribution in [1.29, 1.82) is 0 Å². The quantitative estimate of drug-likeness (QED) is 0.641. The van der Waals surface area contributed by atoms with E-state index < -0.39 is 10.8 Å². The van der Waals surface area contributed by atoms with Gasteiger partial charge in [-0.1, -0.05) is 60.7 Å². The van der Waals surface area contributed by atoms with Gasteiger partial charge in [0.1, 0.15) is 10.8 Å². The lowest BCUT2D eigenvalue weighted by Gasteiger charge is -2.38. The summed E-state index contributed by atoms with van der Waals surface area (Å²) in [6.45, 7) is 2.21. The Morgan fingerprint density at radius 3 is 2.40 bits per heavy atom. The summed E-state index contributed by atoms with van der Waals surface area (Å²) >= 11 is 0. The van der Waals surface area contributed by atoms with Crippen molar-refractivity contribution in [1.82, 2.24) is 10.7 Å². The number of nitro groups is 1. The number of guanidine groups is 1. The van der Waals surface area contributed by atoms with Crippen LogP contribution in [0.15, 0.2) is 70.9 Å². The van der Waals surface area contributed by atoms with E-state index in [2.05, 4.69) is 20.9 Å². The van der Waals surface area contributed by atoms with Gasteiger partial charge < -0.3 is 10.1 Å². The van der Waals surface area contributed by atoms with Crippen LogP contribution in [0.3, 0.4) is 0 Å². The number of hydrogen-bond donors (Lipinski definition) is 2. The van der Waals surface area contributed by atoms with Gasteiger partial charge in [0.15, 0.2) is 5.03 Å². The second-order valence-corrected chi connectivity index (χ2v) is 5.23. The SMILES string of the molecule is CCOC1(c2ccccc2)NC(=N[N+](=O)[O-])NN=C1c1ccccc1. The summed E-state index contributed by atoms with van der Waals surface area (Å²) in [5, 5.41) is 20.6. The second-order valence-electron chi connectivity index (χ2n) is 5.23. The number of nitrogens with one attached hydrogen (secondary N) is 2. The molecule has 0 amide bonds. The molecule has 8 nitrogen and oxygen atoms in total. The zero-order valence-corrected chi connectivity index (χ0v) is 13.5. The highest BCUT2D eigenvalue weighted by Crippen LogP contribution is 2.30. The van der Waals surface area contributed by atoms with Gasteiger partial charge in [-0.3, -0.25) is 0 Å². The van der Waals surface area contributed by atoms with E-state index in [1.54, 1.807) is 0 Å². The Morgan fingerprint density at radius 2 is 1.80 bits per heavy atom. The van der Waals surface area contributed by atoms with Crippen LogP contribution in [0.25, 0.3) is 0 Å². The van der Waals surface area contributed by atoms with Crippen LogP contribution >= 0.6 is 0 Å². The van der Waals surface area contributed by atoms with Gasteiger partial charge >= 0.3 is 0 Å². The van der Waals surface area contributed by atoms with Crippen LogP contribution in [-0.4, -0.2) is 23.3 Å². The van der Waals surface area contributed by atoms with Crippen LogP contribution in [-0.2, 0) is 10.5 Å². The molecule has 128 valence electrons. The smallest absolute Gasteiger partial charge is 0.291 e. The molecule has 1 aliphatic rings. The topological polar surface area (TPSA) is 101 Å². The zero-order valence-electron chi connectivity index (χ0n) is 13.5. The molecule has 2 aromatic carbocycles. The molecule has 1 atom stereocenters. The van der Waals surface area contributed by atoms with Crippen LogP contribution in [0.4, 0.5) is 0 Å². The van der Waals surface area contributed by atoms with Crippen molar-refractivity contribution in [3.63, 3.8) is 0 Å². The maximum Gasteiger partial charge on any atom is 0.291 e. The average molecular weight is 339 g/mol. The molecule has 3 rings (SSSR count). The Hall–Kier alpha value is -3.26. The predicted molar refractivity (Wildman–Crippen MR) is 93.4 cm³/mol. The van der Waals surface area contributed by atoms with Crippen molar-refractivity contribution in [3.05, 3.63) is 81.9 Å². The van der Waals surface area contributed by atoms with E-state index >= 15 is 0 Å². The molecule has 0 spiro atoms. The van der Waals surface area contributed by atoms with Crippen molar-refractivity contribution in [2.24, 2.45) is 10.2 Å². The first kappa shape index (κ1) is 16.6. The summed E-state index contributed by atoms with van der Waals surface area (Å²) in [5.74, 6) is -0.0954. The zero-order chi connectivity index (χ0) is 17.7. The summed E-state index contributed by atoms with van der Waals surface area (Å²) < 4.78 is 6.05. The van der Waals surface area contributed by atoms with Gasteiger partial charge in [0.05, 0.1) is 0 Å². The number of hydrogen-bond acceptors (Lipinski definition) is 4. The van der Waals surface area contributed by atoms with E-state index in [1.807, 2.05) is 67.6 Å². The third-order valence-corrected chi connectivity index (χ3v) is 3.67. The van der Waals surface area contributed by atoms with Gasteiger partial charge in [0.25, 0.3) is 5.96 Å². The molecular formula is C17H17N5O3. The molecule has 1 unspecified atom stereocenters. The highest BCUT2D eigenvalue weighted by Gasteiger charge is 2.44. The Kier molecular flexibility index (Phi) is 4.71. The van der Waals surface area contributed by atoms with Gasteiger partial charge in [-0.05, 0) is 6.92 Å². The number of benzene rings is 2. The first-order valence-electron chi connectivity index (χ1n) is 7.76. The van der Waals surface area contributed by atoms with Crippen LogP contribution in [0.5, 0.6) is 0 Å². The predicted octanol–water partition coefficient (Wildman–Crippen LogP) is 2.02. The molecule has 25 heavy (non-hydrogen) atoms. The molecule has 0 radical (unpaired) electrons. The van der Waals surface area contributed by atoms with Gasteiger partial charge in [0.2, 0.25) is 5.72 Å². The van der Waals surface area contributed by atoms with E-state index in [9.17, 15) is 10.1 Å². The molecule has 2 N–H and O–H groups in total. The summed E-state index contributed by atoms with van der Waals surface area (Å²) in [4.78, 5) is 10.8. The van der Waals surface area contributed by atoms with Crippen LogP contribution in [0.1, 0.15) is 18.1 Å². The fourth-order valence-corrected chi connectivity index (χ4v) is 2.72. The lowest BCUT2D eigenvalue weighted by Crippen LogP contribution is -2.60. The third kappa shape index (κ3) is 3.33. The molecule has 0 saturated heterocycles. The van der Waals surface area contributed by atoms with E-state index in [4.69, 9.17) is 4.74 Å². The van der Waals surface area contributed by atoms with E-state index in [0.717, 1.165) is 11.1 Å². The van der Waals surface area contributed by atoms with Crippen LogP contribution in [0, 0.1) is 10.1 Å². The molecule has 0 fully saturated rings. The number of hydrazone groups is 2. The monoisotopic (exact) mass is 339 g/mol. The van der Waals surface area contributed by atoms with Gasteiger partial charge in [-0.25, -0.2) is 15.5 Å². The minimum Gasteiger partial charge on any atom is -0.346 e. The highest BCUT2D eigenvalue weighted by molar-refractivity contribution is 6.10. The molecule has 2 aromatic rings. The van der Waals surface area contributed by atoms with E-state index in [-0.39, 0.29) is 5.96 Å². The Bertz CT molecular complexity index is 808. The standard InChI is InChI=1S/C17H17N5O3/c1-2-25-17(14-11-7-4-8-12-14)15(13-9-5-3-6-10-13)19-20-16(18-17)21-22(23)24/h3-12H,2H2,1H3,(H2,18,20,21). The van der Waals surface area contributed by atoms with Gasteiger partial charge in [0, 0.05) is 17.7 Å². The number of ether oxygens (including phenoxy) is 1. The van der Waals surface area contributed by atoms with Gasteiger partial charge in [-0.15, -0.1) is 0 Å². The van der Waals surface area contributed by atoms with E-state index in [0.29, 0.717) is 12.3 Å². The largest absolute Gasteiger partial charge is 0.346 e. The molecule has 0 saturated carbocycles. The van der Waals surface area contributed by atoms with Crippen molar-refractivity contribution in [2.45, 2.75) is 12.6 Å². The van der Waals surface area contributed by atoms with Gasteiger partial charge in [-0.2, -0.15) is 5.10 Å². The fourth-order valence-electron chi connectivity index (χ4n) is 2.72. The average Bonchev–Trinajstić information content (AvgIpc) is 2.63. The first-order valence-corrected chi connectivity index (χ1v) is 7.76. The first-order chi connectivity index (χ1) is 12.2. The third-order valence-electron chi connectivity index (χ3n) is 3.67.